The van der Waals surface area contributed by atoms with Gasteiger partial charge in [0, 0.05) is 17.0 Å². The van der Waals surface area contributed by atoms with Crippen molar-refractivity contribution < 1.29 is 14.3 Å². The maximum absolute atomic E-state index is 11.7. The number of esters is 1. The number of carbonyl (C=O) groups excluding carboxylic acids is 1. The van der Waals surface area contributed by atoms with Gasteiger partial charge < -0.3 is 9.47 Å². The van der Waals surface area contributed by atoms with E-state index in [-0.39, 0.29) is 5.97 Å². The summed E-state index contributed by atoms with van der Waals surface area (Å²) in [6.07, 6.45) is 9.89. The molecule has 0 atom stereocenters. The van der Waals surface area contributed by atoms with Gasteiger partial charge in [0.05, 0.1) is 7.11 Å². The molecule has 1 aliphatic heterocycles. The van der Waals surface area contributed by atoms with Crippen LogP contribution in [0, 0.1) is 0 Å². The minimum absolute atomic E-state index is 0.349. The number of cyclic esters (lactones) is 1. The molecule has 0 spiro atoms. The molecule has 0 fully saturated rings. The monoisotopic (exact) mass is 298 g/mol. The molecule has 1 aliphatic rings. The molecule has 0 unspecified atom stereocenters. The highest BCUT2D eigenvalue weighted by Gasteiger charge is 2.10. The van der Waals surface area contributed by atoms with Crippen LogP contribution < -0.4 is 0 Å². The van der Waals surface area contributed by atoms with Crippen molar-refractivity contribution in [3.8, 4) is 0 Å². The van der Waals surface area contributed by atoms with Gasteiger partial charge in [-0.15, -0.1) is 0 Å². The number of halogens is 1. The summed E-state index contributed by atoms with van der Waals surface area (Å²) in [4.78, 5) is 11.7. The Labute approximate surface area is 110 Å². The second-order valence-corrected chi connectivity index (χ2v) is 4.01. The zero-order valence-corrected chi connectivity index (χ0v) is 11.5. The lowest BCUT2D eigenvalue weighted by molar-refractivity contribution is -0.134. The molecule has 0 aliphatic carbocycles. The zero-order valence-electron chi connectivity index (χ0n) is 9.90. The first-order chi connectivity index (χ1) is 8.17. The summed E-state index contributed by atoms with van der Waals surface area (Å²) in [7, 11) is 1.59. The van der Waals surface area contributed by atoms with Crippen molar-refractivity contribution in [2.45, 2.75) is 13.3 Å². The van der Waals surface area contributed by atoms with Crippen molar-refractivity contribution in [3.05, 3.63) is 47.5 Å². The van der Waals surface area contributed by atoms with E-state index in [1.54, 1.807) is 26.2 Å². The van der Waals surface area contributed by atoms with Crippen molar-refractivity contribution in [2.75, 3.05) is 12.4 Å². The number of carbonyl (C=O) groups is 1. The van der Waals surface area contributed by atoms with E-state index < -0.39 is 0 Å². The van der Waals surface area contributed by atoms with Gasteiger partial charge in [-0.2, -0.15) is 0 Å². The Kier molecular flexibility index (Phi) is 5.77. The Hall–Kier alpha value is -1.29. The van der Waals surface area contributed by atoms with Crippen molar-refractivity contribution in [1.29, 1.82) is 0 Å². The number of hydrogen-bond acceptors (Lipinski definition) is 3. The van der Waals surface area contributed by atoms with E-state index >= 15 is 0 Å². The highest BCUT2D eigenvalue weighted by Crippen LogP contribution is 2.12. The first-order valence-corrected chi connectivity index (χ1v) is 6.35. The fraction of sp³-hybridized carbons (Fsp3) is 0.308. The smallest absolute Gasteiger partial charge is 0.339 e. The minimum atomic E-state index is -0.349. The second-order valence-electron chi connectivity index (χ2n) is 3.44. The van der Waals surface area contributed by atoms with Crippen LogP contribution in [0.25, 0.3) is 0 Å². The Morgan fingerprint density at radius 1 is 1.53 bits per heavy atom. The van der Waals surface area contributed by atoms with Crippen molar-refractivity contribution >= 4 is 21.9 Å². The van der Waals surface area contributed by atoms with E-state index in [4.69, 9.17) is 9.47 Å². The molecular formula is C13H15BrO3. The summed E-state index contributed by atoms with van der Waals surface area (Å²) < 4.78 is 10.3. The second kappa shape index (κ2) is 7.12. The molecule has 0 aromatic carbocycles. The van der Waals surface area contributed by atoms with E-state index in [1.807, 2.05) is 18.2 Å². The maximum Gasteiger partial charge on any atom is 0.339 e. The Morgan fingerprint density at radius 3 is 2.94 bits per heavy atom. The Balaban J connectivity index is 2.99. The summed E-state index contributed by atoms with van der Waals surface area (Å²) in [5.41, 5.74) is 0.579. The van der Waals surface area contributed by atoms with Crippen molar-refractivity contribution in [3.63, 3.8) is 0 Å². The molecule has 0 amide bonds. The number of rotatable bonds is 2. The Morgan fingerprint density at radius 2 is 2.29 bits per heavy atom. The maximum atomic E-state index is 11.7. The molecule has 0 radical (unpaired) electrons. The van der Waals surface area contributed by atoms with Gasteiger partial charge in [0.1, 0.15) is 11.5 Å². The van der Waals surface area contributed by atoms with Gasteiger partial charge >= 0.3 is 5.97 Å². The standard InChI is InChI=1S/C13H15BrO3/c1-10-8-12(16-2)7-5-3-4-6-11(9-14)13(15)17-10/h3-4,6-8H,5,9H2,1-2H3/b4-3+,10-8+,11-6-,12-7+. The lowest BCUT2D eigenvalue weighted by atomic mass is 10.2. The number of ether oxygens (including phenoxy) is 2. The van der Waals surface area contributed by atoms with Crippen LogP contribution in [-0.2, 0) is 14.3 Å². The van der Waals surface area contributed by atoms with Crippen molar-refractivity contribution in [1.82, 2.24) is 0 Å². The first kappa shape index (κ1) is 13.8. The van der Waals surface area contributed by atoms with Gasteiger partial charge in [-0.1, -0.05) is 34.2 Å². The van der Waals surface area contributed by atoms with Crippen molar-refractivity contribution in [2.24, 2.45) is 0 Å². The molecule has 4 heteroatoms. The summed E-state index contributed by atoms with van der Waals surface area (Å²) in [6.45, 7) is 1.72. The molecule has 3 nitrogen and oxygen atoms in total. The van der Waals surface area contributed by atoms with Gasteiger partial charge in [0.2, 0.25) is 0 Å². The van der Waals surface area contributed by atoms with E-state index in [2.05, 4.69) is 15.9 Å². The largest absolute Gasteiger partial charge is 0.497 e. The fourth-order valence-electron chi connectivity index (χ4n) is 1.26. The predicted molar refractivity (Wildman–Crippen MR) is 70.6 cm³/mol. The van der Waals surface area contributed by atoms with Crippen LogP contribution in [0.3, 0.4) is 0 Å². The summed E-state index contributed by atoms with van der Waals surface area (Å²) >= 11 is 3.26. The average molecular weight is 299 g/mol. The molecule has 0 saturated carbocycles. The van der Waals surface area contributed by atoms with Crippen LogP contribution >= 0.6 is 15.9 Å². The van der Waals surface area contributed by atoms with E-state index in [1.165, 1.54) is 0 Å². The van der Waals surface area contributed by atoms with Crippen LogP contribution in [0.2, 0.25) is 0 Å². The van der Waals surface area contributed by atoms with Gasteiger partial charge in [-0.05, 0) is 19.4 Å². The van der Waals surface area contributed by atoms with Crippen LogP contribution in [-0.4, -0.2) is 18.4 Å². The van der Waals surface area contributed by atoms with E-state index in [0.717, 1.165) is 6.42 Å². The van der Waals surface area contributed by atoms with Gasteiger partial charge in [0.25, 0.3) is 0 Å². The predicted octanol–water partition coefficient (Wildman–Crippen LogP) is 3.24. The van der Waals surface area contributed by atoms with Gasteiger partial charge in [-0.25, -0.2) is 4.79 Å². The number of alkyl halides is 1. The minimum Gasteiger partial charge on any atom is -0.497 e. The molecular weight excluding hydrogens is 284 g/mol. The molecule has 1 rings (SSSR count). The van der Waals surface area contributed by atoms with Gasteiger partial charge in [-0.3, -0.25) is 0 Å². The molecule has 0 saturated heterocycles. The molecule has 92 valence electrons. The normalized spacial score (nSPS) is 28.4. The highest BCUT2D eigenvalue weighted by atomic mass is 79.9. The topological polar surface area (TPSA) is 35.5 Å². The molecule has 0 bridgehead atoms. The molecule has 0 aromatic rings. The van der Waals surface area contributed by atoms with E-state index in [9.17, 15) is 4.79 Å². The van der Waals surface area contributed by atoms with Crippen LogP contribution in [0.1, 0.15) is 13.3 Å². The molecule has 17 heavy (non-hydrogen) atoms. The SMILES string of the molecule is COC1=C/C/C=C/C=C(/CBr)C(=O)O\C(C)=C\1. The summed E-state index contributed by atoms with van der Waals surface area (Å²) in [6, 6.07) is 0. The lowest BCUT2D eigenvalue weighted by Crippen LogP contribution is -2.07. The lowest BCUT2D eigenvalue weighted by Gasteiger charge is -2.06. The first-order valence-electron chi connectivity index (χ1n) is 5.23. The Bertz CT molecular complexity index is 403. The summed E-state index contributed by atoms with van der Waals surface area (Å²) in [5.74, 6) is 0.844. The third-order valence-corrected chi connectivity index (χ3v) is 2.73. The third kappa shape index (κ3) is 4.61. The number of methoxy groups -OCH3 is 1. The molecule has 0 aromatic heterocycles. The van der Waals surface area contributed by atoms with Crippen LogP contribution in [0.15, 0.2) is 47.5 Å². The highest BCUT2D eigenvalue weighted by molar-refractivity contribution is 9.09. The molecule has 0 N–H and O–H groups in total. The number of allylic oxidation sites excluding steroid dienone is 6. The third-order valence-electron chi connectivity index (χ3n) is 2.13. The molecule has 1 heterocycles. The quantitative estimate of drug-likeness (QED) is 0.580. The van der Waals surface area contributed by atoms with Crippen LogP contribution in [0.5, 0.6) is 0 Å². The fourth-order valence-corrected chi connectivity index (χ4v) is 1.67. The van der Waals surface area contributed by atoms with Crippen LogP contribution in [0.4, 0.5) is 0 Å². The number of hydrogen-bond donors (Lipinski definition) is 0. The van der Waals surface area contributed by atoms with E-state index in [0.29, 0.717) is 22.4 Å². The summed E-state index contributed by atoms with van der Waals surface area (Å²) in [5, 5.41) is 0.466. The average Bonchev–Trinajstić information content (AvgIpc) is 2.33. The van der Waals surface area contributed by atoms with Gasteiger partial charge in [0.15, 0.2) is 0 Å². The zero-order chi connectivity index (χ0) is 12.7.